The summed E-state index contributed by atoms with van der Waals surface area (Å²) in [6.07, 6.45) is 7.45. The molecule has 1 aliphatic carbocycles. The van der Waals surface area contributed by atoms with Crippen LogP contribution in [0.2, 0.25) is 0 Å². The number of hydrogen-bond acceptors (Lipinski definition) is 3. The molecule has 3 nitrogen and oxygen atoms in total. The lowest BCUT2D eigenvalue weighted by Crippen LogP contribution is -2.42. The first-order valence-electron chi connectivity index (χ1n) is 7.85. The summed E-state index contributed by atoms with van der Waals surface area (Å²) in [6, 6.07) is 9.12. The zero-order chi connectivity index (χ0) is 14.0. The highest BCUT2D eigenvalue weighted by Crippen LogP contribution is 2.41. The standard InChI is InChI=1S/C17H26N2O/c1-19(2)16-8-4-3-7-15(16)18-14-9-12-20-17(13-14)10-5-6-11-17/h3-4,7-8,14,18H,5-6,9-13H2,1-2H3. The summed E-state index contributed by atoms with van der Waals surface area (Å²) in [4.78, 5) is 2.17. The highest BCUT2D eigenvalue weighted by atomic mass is 16.5. The highest BCUT2D eigenvalue weighted by molar-refractivity contribution is 5.69. The fourth-order valence-electron chi connectivity index (χ4n) is 3.72. The van der Waals surface area contributed by atoms with Crippen molar-refractivity contribution >= 4 is 11.4 Å². The van der Waals surface area contributed by atoms with E-state index in [0.717, 1.165) is 19.4 Å². The Labute approximate surface area is 122 Å². The first-order chi connectivity index (χ1) is 9.69. The number of nitrogens with one attached hydrogen (secondary N) is 1. The van der Waals surface area contributed by atoms with Gasteiger partial charge in [-0.05, 0) is 37.8 Å². The van der Waals surface area contributed by atoms with Crippen LogP contribution in [0.4, 0.5) is 11.4 Å². The highest BCUT2D eigenvalue weighted by Gasteiger charge is 2.39. The predicted octanol–water partition coefficient (Wildman–Crippen LogP) is 3.66. The summed E-state index contributed by atoms with van der Waals surface area (Å²) in [5, 5.41) is 3.76. The third-order valence-electron chi connectivity index (χ3n) is 4.75. The average Bonchev–Trinajstić information content (AvgIpc) is 2.87. The van der Waals surface area contributed by atoms with Crippen LogP contribution in [0.3, 0.4) is 0 Å². The van der Waals surface area contributed by atoms with Crippen LogP contribution < -0.4 is 10.2 Å². The van der Waals surface area contributed by atoms with E-state index in [1.807, 2.05) is 0 Å². The number of rotatable bonds is 3. The van der Waals surface area contributed by atoms with Gasteiger partial charge in [-0.2, -0.15) is 0 Å². The van der Waals surface area contributed by atoms with Gasteiger partial charge in [0.15, 0.2) is 0 Å². The van der Waals surface area contributed by atoms with E-state index in [4.69, 9.17) is 4.74 Å². The first-order valence-corrected chi connectivity index (χ1v) is 7.85. The summed E-state index contributed by atoms with van der Waals surface area (Å²) in [6.45, 7) is 0.905. The van der Waals surface area contributed by atoms with Crippen LogP contribution in [-0.4, -0.2) is 32.3 Å². The summed E-state index contributed by atoms with van der Waals surface area (Å²) >= 11 is 0. The van der Waals surface area contributed by atoms with Crippen molar-refractivity contribution in [2.75, 3.05) is 30.9 Å². The van der Waals surface area contributed by atoms with Gasteiger partial charge in [-0.15, -0.1) is 0 Å². The number of nitrogens with zero attached hydrogens (tertiary/aromatic N) is 1. The molecule has 1 aliphatic heterocycles. The van der Waals surface area contributed by atoms with Crippen molar-refractivity contribution < 1.29 is 4.74 Å². The molecule has 0 amide bonds. The molecule has 1 saturated heterocycles. The number of benzene rings is 1. The van der Waals surface area contributed by atoms with Gasteiger partial charge in [-0.1, -0.05) is 25.0 Å². The Morgan fingerprint density at radius 1 is 1.20 bits per heavy atom. The second-order valence-corrected chi connectivity index (χ2v) is 6.48. The molecular weight excluding hydrogens is 248 g/mol. The van der Waals surface area contributed by atoms with Gasteiger partial charge in [0.25, 0.3) is 0 Å². The van der Waals surface area contributed by atoms with E-state index in [9.17, 15) is 0 Å². The molecule has 0 radical (unpaired) electrons. The second-order valence-electron chi connectivity index (χ2n) is 6.48. The van der Waals surface area contributed by atoms with Crippen LogP contribution in [0.25, 0.3) is 0 Å². The van der Waals surface area contributed by atoms with Crippen molar-refractivity contribution in [3.63, 3.8) is 0 Å². The van der Waals surface area contributed by atoms with Gasteiger partial charge in [0.05, 0.1) is 17.0 Å². The minimum atomic E-state index is 0.184. The summed E-state index contributed by atoms with van der Waals surface area (Å²) < 4.78 is 6.12. The average molecular weight is 274 g/mol. The molecule has 1 unspecified atom stereocenters. The van der Waals surface area contributed by atoms with Gasteiger partial charge in [0.2, 0.25) is 0 Å². The lowest BCUT2D eigenvalue weighted by Gasteiger charge is -2.39. The third-order valence-corrected chi connectivity index (χ3v) is 4.75. The maximum atomic E-state index is 6.12. The monoisotopic (exact) mass is 274 g/mol. The van der Waals surface area contributed by atoms with E-state index in [2.05, 4.69) is 48.6 Å². The topological polar surface area (TPSA) is 24.5 Å². The molecule has 2 aliphatic rings. The number of para-hydroxylation sites is 2. The molecule has 2 fully saturated rings. The Balaban J connectivity index is 1.71. The second kappa shape index (κ2) is 5.65. The van der Waals surface area contributed by atoms with E-state index in [1.165, 1.54) is 37.1 Å². The van der Waals surface area contributed by atoms with Gasteiger partial charge in [0, 0.05) is 26.7 Å². The number of hydrogen-bond donors (Lipinski definition) is 1. The molecule has 1 heterocycles. The molecule has 3 heteroatoms. The minimum Gasteiger partial charge on any atom is -0.380 e. The van der Waals surface area contributed by atoms with Crippen molar-refractivity contribution in [2.45, 2.75) is 50.2 Å². The quantitative estimate of drug-likeness (QED) is 0.910. The third kappa shape index (κ3) is 2.78. The molecule has 1 aromatic carbocycles. The van der Waals surface area contributed by atoms with E-state index in [0.29, 0.717) is 6.04 Å². The molecule has 0 aromatic heterocycles. The fraction of sp³-hybridized carbons (Fsp3) is 0.647. The number of anilines is 2. The zero-order valence-electron chi connectivity index (χ0n) is 12.7. The molecule has 1 N–H and O–H groups in total. The lowest BCUT2D eigenvalue weighted by atomic mass is 9.89. The molecule has 1 atom stereocenters. The Kier molecular flexibility index (Phi) is 3.88. The predicted molar refractivity (Wildman–Crippen MR) is 84.6 cm³/mol. The van der Waals surface area contributed by atoms with Crippen molar-refractivity contribution in [2.24, 2.45) is 0 Å². The van der Waals surface area contributed by atoms with Gasteiger partial charge in [-0.3, -0.25) is 0 Å². The molecule has 1 saturated carbocycles. The Bertz CT molecular complexity index is 452. The molecule has 0 bridgehead atoms. The van der Waals surface area contributed by atoms with Crippen molar-refractivity contribution in [3.05, 3.63) is 24.3 Å². The van der Waals surface area contributed by atoms with Crippen LogP contribution in [0.15, 0.2) is 24.3 Å². The van der Waals surface area contributed by atoms with Crippen LogP contribution in [-0.2, 0) is 4.74 Å². The zero-order valence-corrected chi connectivity index (χ0v) is 12.7. The van der Waals surface area contributed by atoms with Crippen molar-refractivity contribution in [1.29, 1.82) is 0 Å². The molecule has 3 rings (SSSR count). The normalized spacial score (nSPS) is 24.8. The smallest absolute Gasteiger partial charge is 0.0702 e. The van der Waals surface area contributed by atoms with Crippen LogP contribution in [0.5, 0.6) is 0 Å². The Hall–Kier alpha value is -1.22. The summed E-state index contributed by atoms with van der Waals surface area (Å²) in [5.41, 5.74) is 2.69. The van der Waals surface area contributed by atoms with Crippen LogP contribution in [0, 0.1) is 0 Å². The fourth-order valence-corrected chi connectivity index (χ4v) is 3.72. The first kappa shape index (κ1) is 13.7. The molecule has 1 aromatic rings. The molecule has 110 valence electrons. The van der Waals surface area contributed by atoms with Gasteiger partial charge < -0.3 is 15.0 Å². The van der Waals surface area contributed by atoms with Gasteiger partial charge in [0.1, 0.15) is 0 Å². The van der Waals surface area contributed by atoms with Crippen molar-refractivity contribution in [1.82, 2.24) is 0 Å². The summed E-state index contributed by atoms with van der Waals surface area (Å²) in [7, 11) is 4.20. The number of ether oxygens (including phenoxy) is 1. The molecule has 20 heavy (non-hydrogen) atoms. The SMILES string of the molecule is CN(C)c1ccccc1NC1CCOC2(CCCC2)C1. The van der Waals surface area contributed by atoms with E-state index in [1.54, 1.807) is 0 Å². The summed E-state index contributed by atoms with van der Waals surface area (Å²) in [5.74, 6) is 0. The Morgan fingerprint density at radius 2 is 1.95 bits per heavy atom. The largest absolute Gasteiger partial charge is 0.380 e. The maximum absolute atomic E-state index is 6.12. The van der Waals surface area contributed by atoms with E-state index in [-0.39, 0.29) is 5.60 Å². The van der Waals surface area contributed by atoms with Crippen LogP contribution in [0.1, 0.15) is 38.5 Å². The Morgan fingerprint density at radius 3 is 2.70 bits per heavy atom. The van der Waals surface area contributed by atoms with Crippen molar-refractivity contribution in [3.8, 4) is 0 Å². The molecule has 1 spiro atoms. The van der Waals surface area contributed by atoms with Gasteiger partial charge >= 0.3 is 0 Å². The minimum absolute atomic E-state index is 0.184. The maximum Gasteiger partial charge on any atom is 0.0702 e. The lowest BCUT2D eigenvalue weighted by molar-refractivity contribution is -0.0767. The van der Waals surface area contributed by atoms with Gasteiger partial charge in [-0.25, -0.2) is 0 Å². The van der Waals surface area contributed by atoms with Crippen LogP contribution >= 0.6 is 0 Å². The van der Waals surface area contributed by atoms with E-state index >= 15 is 0 Å². The molecular formula is C17H26N2O. The van der Waals surface area contributed by atoms with E-state index < -0.39 is 0 Å².